The van der Waals surface area contributed by atoms with Crippen LogP contribution in [0.5, 0.6) is 0 Å². The number of Topliss-reactive ketones (excluding diaryl/α,β-unsaturated/α-hetero) is 2. The zero-order chi connectivity index (χ0) is 16.9. The molecular formula is C18H25ClN2O2. The summed E-state index contributed by atoms with van der Waals surface area (Å²) in [5.74, 6) is -0.195. The Morgan fingerprint density at radius 1 is 0.783 bits per heavy atom. The van der Waals surface area contributed by atoms with Crippen molar-refractivity contribution in [3.63, 3.8) is 0 Å². The third-order valence-corrected chi connectivity index (χ3v) is 3.07. The topological polar surface area (TPSA) is 40.6 Å². The van der Waals surface area contributed by atoms with Gasteiger partial charge < -0.3 is 9.80 Å². The lowest BCUT2D eigenvalue weighted by atomic mass is 9.99. The Morgan fingerprint density at radius 2 is 1.04 bits per heavy atom. The largest absolute Gasteiger partial charge is 0.305 e. The van der Waals surface area contributed by atoms with Gasteiger partial charge in [-0.1, -0.05) is 37.4 Å². The third-order valence-electron chi connectivity index (χ3n) is 3.07. The molecule has 0 unspecified atom stereocenters. The third kappa shape index (κ3) is 6.48. The SMILES string of the molecule is C=C(CN(C)C)C(=O)c1ccc(C(=O)C(=C)CN(C)C)cc1.Cl. The molecule has 0 atom stereocenters. The molecule has 0 heterocycles. The Bertz CT molecular complexity index is 537. The minimum atomic E-state index is -0.0974. The molecule has 0 aliphatic carbocycles. The van der Waals surface area contributed by atoms with Gasteiger partial charge in [-0.25, -0.2) is 0 Å². The number of rotatable bonds is 8. The number of halogens is 1. The highest BCUT2D eigenvalue weighted by molar-refractivity contribution is 6.11. The van der Waals surface area contributed by atoms with Crippen LogP contribution >= 0.6 is 12.4 Å². The van der Waals surface area contributed by atoms with Crippen LogP contribution in [0.4, 0.5) is 0 Å². The van der Waals surface area contributed by atoms with Crippen LogP contribution in [-0.4, -0.2) is 62.6 Å². The van der Waals surface area contributed by atoms with Gasteiger partial charge in [0.15, 0.2) is 11.6 Å². The van der Waals surface area contributed by atoms with Gasteiger partial charge in [-0.05, 0) is 28.2 Å². The maximum Gasteiger partial charge on any atom is 0.189 e. The quantitative estimate of drug-likeness (QED) is 0.540. The second-order valence-corrected chi connectivity index (χ2v) is 5.92. The molecule has 0 fully saturated rings. The smallest absolute Gasteiger partial charge is 0.189 e. The molecule has 0 spiro atoms. The predicted molar refractivity (Wildman–Crippen MR) is 97.7 cm³/mol. The van der Waals surface area contributed by atoms with E-state index in [9.17, 15) is 9.59 Å². The average molecular weight is 337 g/mol. The van der Waals surface area contributed by atoms with Crippen molar-refractivity contribution >= 4 is 24.0 Å². The fraction of sp³-hybridized carbons (Fsp3) is 0.333. The lowest BCUT2D eigenvalue weighted by Gasteiger charge is -2.12. The number of likely N-dealkylation sites (N-methyl/N-ethyl adjacent to an activating group) is 2. The van der Waals surface area contributed by atoms with E-state index in [2.05, 4.69) is 13.2 Å². The van der Waals surface area contributed by atoms with E-state index in [1.165, 1.54) is 0 Å². The maximum atomic E-state index is 12.2. The summed E-state index contributed by atoms with van der Waals surface area (Å²) < 4.78 is 0. The summed E-state index contributed by atoms with van der Waals surface area (Å²) in [6.07, 6.45) is 0. The summed E-state index contributed by atoms with van der Waals surface area (Å²) in [6, 6.07) is 6.66. The van der Waals surface area contributed by atoms with Gasteiger partial charge in [0.2, 0.25) is 0 Å². The molecule has 0 aliphatic rings. The number of hydrogen-bond acceptors (Lipinski definition) is 4. The van der Waals surface area contributed by atoms with Crippen molar-refractivity contribution < 1.29 is 9.59 Å². The van der Waals surface area contributed by atoms with Gasteiger partial charge >= 0.3 is 0 Å². The molecule has 0 N–H and O–H groups in total. The highest BCUT2D eigenvalue weighted by Gasteiger charge is 2.14. The summed E-state index contributed by atoms with van der Waals surface area (Å²) >= 11 is 0. The van der Waals surface area contributed by atoms with E-state index in [1.54, 1.807) is 24.3 Å². The van der Waals surface area contributed by atoms with Crippen molar-refractivity contribution in [3.05, 3.63) is 59.7 Å². The molecule has 1 aromatic rings. The molecule has 0 saturated heterocycles. The molecule has 4 nitrogen and oxygen atoms in total. The molecule has 0 saturated carbocycles. The Hall–Kier alpha value is -1.75. The standard InChI is InChI=1S/C18H24N2O2.ClH/c1-13(11-19(3)4)17(21)15-7-9-16(10-8-15)18(22)14(2)12-20(5)6;/h7-10H,1-2,11-12H2,3-6H3;1H. The zero-order valence-corrected chi connectivity index (χ0v) is 15.1. The molecular weight excluding hydrogens is 312 g/mol. The Balaban J connectivity index is 0.00000484. The minimum Gasteiger partial charge on any atom is -0.305 e. The van der Waals surface area contributed by atoms with Gasteiger partial charge in [-0.15, -0.1) is 12.4 Å². The van der Waals surface area contributed by atoms with Crippen molar-refractivity contribution in [3.8, 4) is 0 Å². The van der Waals surface area contributed by atoms with E-state index in [4.69, 9.17) is 0 Å². The van der Waals surface area contributed by atoms with E-state index in [0.29, 0.717) is 35.4 Å². The van der Waals surface area contributed by atoms with Crippen LogP contribution in [0.3, 0.4) is 0 Å². The van der Waals surface area contributed by atoms with Gasteiger partial charge in [0.1, 0.15) is 0 Å². The number of hydrogen-bond donors (Lipinski definition) is 0. The molecule has 23 heavy (non-hydrogen) atoms. The molecule has 1 rings (SSSR count). The lowest BCUT2D eigenvalue weighted by Crippen LogP contribution is -2.20. The first kappa shape index (κ1) is 21.2. The fourth-order valence-corrected chi connectivity index (χ4v) is 2.09. The summed E-state index contributed by atoms with van der Waals surface area (Å²) in [6.45, 7) is 8.65. The van der Waals surface area contributed by atoms with Crippen LogP contribution in [0.1, 0.15) is 20.7 Å². The van der Waals surface area contributed by atoms with Crippen LogP contribution in [0.15, 0.2) is 48.6 Å². The molecule has 0 aliphatic heterocycles. The first-order valence-corrected chi connectivity index (χ1v) is 7.07. The van der Waals surface area contributed by atoms with Gasteiger partial charge in [-0.2, -0.15) is 0 Å². The molecule has 0 amide bonds. The molecule has 126 valence electrons. The summed E-state index contributed by atoms with van der Waals surface area (Å²) in [5.41, 5.74) is 2.14. The van der Waals surface area contributed by atoms with Gasteiger partial charge in [0.25, 0.3) is 0 Å². The second-order valence-electron chi connectivity index (χ2n) is 5.92. The lowest BCUT2D eigenvalue weighted by molar-refractivity contribution is 0.101. The first-order valence-electron chi connectivity index (χ1n) is 7.07. The van der Waals surface area contributed by atoms with Crippen LogP contribution < -0.4 is 0 Å². The Labute approximate surface area is 144 Å². The van der Waals surface area contributed by atoms with E-state index in [-0.39, 0.29) is 24.0 Å². The van der Waals surface area contributed by atoms with Crippen LogP contribution in [0.2, 0.25) is 0 Å². The zero-order valence-electron chi connectivity index (χ0n) is 14.3. The number of benzene rings is 1. The van der Waals surface area contributed by atoms with Gasteiger partial charge in [-0.3, -0.25) is 9.59 Å². The average Bonchev–Trinajstić information content (AvgIpc) is 2.44. The van der Waals surface area contributed by atoms with Crippen molar-refractivity contribution in [1.29, 1.82) is 0 Å². The van der Waals surface area contributed by atoms with Crippen LogP contribution in [0.25, 0.3) is 0 Å². The van der Waals surface area contributed by atoms with Gasteiger partial charge in [0, 0.05) is 35.4 Å². The monoisotopic (exact) mass is 336 g/mol. The normalized spacial score (nSPS) is 10.3. The summed E-state index contributed by atoms with van der Waals surface area (Å²) in [4.78, 5) is 28.2. The van der Waals surface area contributed by atoms with E-state index in [1.807, 2.05) is 38.0 Å². The van der Waals surface area contributed by atoms with Crippen molar-refractivity contribution in [2.75, 3.05) is 41.3 Å². The van der Waals surface area contributed by atoms with Crippen molar-refractivity contribution in [2.24, 2.45) is 0 Å². The number of nitrogens with zero attached hydrogens (tertiary/aromatic N) is 2. The van der Waals surface area contributed by atoms with Gasteiger partial charge in [0.05, 0.1) is 0 Å². The molecule has 5 heteroatoms. The van der Waals surface area contributed by atoms with Crippen LogP contribution in [-0.2, 0) is 0 Å². The molecule has 1 aromatic carbocycles. The molecule has 0 aromatic heterocycles. The summed E-state index contributed by atoms with van der Waals surface area (Å²) in [5, 5.41) is 0. The fourth-order valence-electron chi connectivity index (χ4n) is 2.09. The van der Waals surface area contributed by atoms with Crippen molar-refractivity contribution in [2.45, 2.75) is 0 Å². The molecule has 0 bridgehead atoms. The predicted octanol–water partition coefficient (Wildman–Crippen LogP) is 2.71. The second kappa shape index (κ2) is 9.40. The Kier molecular flexibility index (Phi) is 8.69. The van der Waals surface area contributed by atoms with E-state index >= 15 is 0 Å². The van der Waals surface area contributed by atoms with E-state index in [0.717, 1.165) is 0 Å². The number of ketones is 2. The first-order chi connectivity index (χ1) is 10.2. The van der Waals surface area contributed by atoms with Crippen LogP contribution in [0, 0.1) is 0 Å². The number of carbonyl (C=O) groups is 2. The highest BCUT2D eigenvalue weighted by Crippen LogP contribution is 2.13. The Morgan fingerprint density at radius 3 is 1.26 bits per heavy atom. The number of carbonyl (C=O) groups excluding carboxylic acids is 2. The maximum absolute atomic E-state index is 12.2. The summed E-state index contributed by atoms with van der Waals surface area (Å²) in [7, 11) is 7.54. The molecule has 0 radical (unpaired) electrons. The van der Waals surface area contributed by atoms with Crippen molar-refractivity contribution in [1.82, 2.24) is 9.80 Å². The minimum absolute atomic E-state index is 0. The highest BCUT2D eigenvalue weighted by atomic mass is 35.5. The van der Waals surface area contributed by atoms with E-state index < -0.39 is 0 Å².